The summed E-state index contributed by atoms with van der Waals surface area (Å²) in [4.78, 5) is 10.7. The number of hydrogen-bond donors (Lipinski definition) is 1. The predicted octanol–water partition coefficient (Wildman–Crippen LogP) is 1.50. The van der Waals surface area contributed by atoms with Gasteiger partial charge in [-0.1, -0.05) is 13.5 Å². The third-order valence-corrected chi connectivity index (χ3v) is 2.38. The van der Waals surface area contributed by atoms with Crippen molar-refractivity contribution in [3.63, 3.8) is 0 Å². The Morgan fingerprint density at radius 3 is 2.63 bits per heavy atom. The lowest BCUT2D eigenvalue weighted by Gasteiger charge is -2.15. The number of hydrogen-bond acceptors (Lipinski definition) is 5. The van der Waals surface area contributed by atoms with E-state index in [4.69, 9.17) is 14.2 Å². The smallest absolute Gasteiger partial charge is 0.330 e. The normalized spacial score (nSPS) is 13.8. The highest BCUT2D eigenvalue weighted by molar-refractivity contribution is 5.81. The van der Waals surface area contributed by atoms with E-state index >= 15 is 0 Å². The van der Waals surface area contributed by atoms with Gasteiger partial charge in [0.05, 0.1) is 25.9 Å². The van der Waals surface area contributed by atoms with Crippen molar-refractivity contribution in [1.82, 2.24) is 0 Å². The maximum Gasteiger partial charge on any atom is 0.330 e. The van der Waals surface area contributed by atoms with E-state index in [0.717, 1.165) is 18.9 Å². The summed E-state index contributed by atoms with van der Waals surface area (Å²) in [5, 5.41) is 9.55. The fourth-order valence-electron chi connectivity index (χ4n) is 1.16. The van der Waals surface area contributed by atoms with Crippen LogP contribution in [0.4, 0.5) is 0 Å². The van der Waals surface area contributed by atoms with Crippen molar-refractivity contribution in [3.8, 4) is 0 Å². The first-order valence-corrected chi connectivity index (χ1v) is 6.56. The molecule has 0 fully saturated rings. The molecule has 5 heteroatoms. The highest BCUT2D eigenvalue weighted by Crippen LogP contribution is 1.98. The van der Waals surface area contributed by atoms with Gasteiger partial charge in [0, 0.05) is 12.7 Å². The van der Waals surface area contributed by atoms with E-state index in [9.17, 15) is 9.90 Å². The Labute approximate surface area is 115 Å². The van der Waals surface area contributed by atoms with Crippen molar-refractivity contribution in [2.24, 2.45) is 0 Å². The van der Waals surface area contributed by atoms with Crippen LogP contribution in [0, 0.1) is 6.92 Å². The average Bonchev–Trinajstić information content (AvgIpc) is 2.43. The Hall–Kier alpha value is -0.910. The molecule has 0 aliphatic rings. The number of unbranched alkanes of at least 4 members (excludes halogenated alkanes) is 1. The van der Waals surface area contributed by atoms with Crippen LogP contribution in [0.25, 0.3) is 0 Å². The summed E-state index contributed by atoms with van der Waals surface area (Å²) in [5.74, 6) is -0.409. The molecule has 0 aliphatic heterocycles. The number of esters is 1. The van der Waals surface area contributed by atoms with Gasteiger partial charge in [-0.05, 0) is 26.2 Å². The second-order valence-corrected chi connectivity index (χ2v) is 4.24. The molecule has 0 amide bonds. The Morgan fingerprint density at radius 2 is 2.00 bits per heavy atom. The minimum atomic E-state index is -0.618. The third kappa shape index (κ3) is 11.9. The van der Waals surface area contributed by atoms with Gasteiger partial charge < -0.3 is 19.3 Å². The minimum absolute atomic E-state index is 0.0502. The van der Waals surface area contributed by atoms with E-state index in [0.29, 0.717) is 19.6 Å². The molecular weight excluding hydrogens is 248 g/mol. The molecule has 0 spiro atoms. The molecule has 0 bridgehead atoms. The number of ether oxygens (including phenoxy) is 3. The summed E-state index contributed by atoms with van der Waals surface area (Å²) in [6.45, 7) is 10.3. The molecule has 0 aromatic rings. The molecule has 2 atom stereocenters. The summed E-state index contributed by atoms with van der Waals surface area (Å²) in [6.07, 6.45) is 2.75. The molecule has 1 radical (unpaired) electrons. The van der Waals surface area contributed by atoms with Crippen molar-refractivity contribution in [2.45, 2.75) is 38.4 Å². The molecule has 2 unspecified atom stereocenters. The van der Waals surface area contributed by atoms with E-state index in [2.05, 4.69) is 13.5 Å². The van der Waals surface area contributed by atoms with Crippen molar-refractivity contribution in [3.05, 3.63) is 19.6 Å². The maximum atomic E-state index is 10.7. The van der Waals surface area contributed by atoms with Crippen molar-refractivity contribution >= 4 is 5.97 Å². The summed E-state index contributed by atoms with van der Waals surface area (Å²) >= 11 is 0. The lowest BCUT2D eigenvalue weighted by Crippen LogP contribution is -2.24. The molecular formula is C14H25O5. The van der Waals surface area contributed by atoms with Crippen LogP contribution < -0.4 is 0 Å². The number of aliphatic hydroxyl groups excluding tert-OH is 1. The molecule has 0 rings (SSSR count). The molecule has 0 aromatic carbocycles. The fraction of sp³-hybridized carbons (Fsp3) is 0.714. The maximum absolute atomic E-state index is 10.7. The predicted molar refractivity (Wildman–Crippen MR) is 72.6 cm³/mol. The van der Waals surface area contributed by atoms with Crippen LogP contribution in [0.1, 0.15) is 26.2 Å². The van der Waals surface area contributed by atoms with E-state index in [1.54, 1.807) is 0 Å². The molecule has 0 aliphatic carbocycles. The number of carbonyl (C=O) groups excluding carboxylic acids is 1. The molecule has 5 nitrogen and oxygen atoms in total. The molecule has 111 valence electrons. The fourth-order valence-corrected chi connectivity index (χ4v) is 1.16. The lowest BCUT2D eigenvalue weighted by molar-refractivity contribution is -0.137. The van der Waals surface area contributed by atoms with E-state index < -0.39 is 12.1 Å². The van der Waals surface area contributed by atoms with Crippen molar-refractivity contribution < 1.29 is 24.1 Å². The summed E-state index contributed by atoms with van der Waals surface area (Å²) < 4.78 is 15.4. The van der Waals surface area contributed by atoms with Crippen LogP contribution >= 0.6 is 0 Å². The lowest BCUT2D eigenvalue weighted by atomic mass is 10.3. The van der Waals surface area contributed by atoms with Gasteiger partial charge in [-0.25, -0.2) is 4.79 Å². The average molecular weight is 273 g/mol. The highest BCUT2D eigenvalue weighted by Gasteiger charge is 2.07. The number of rotatable bonds is 12. The molecule has 19 heavy (non-hydrogen) atoms. The zero-order chi connectivity index (χ0) is 14.5. The Morgan fingerprint density at radius 1 is 1.32 bits per heavy atom. The third-order valence-electron chi connectivity index (χ3n) is 2.38. The van der Waals surface area contributed by atoms with Crippen molar-refractivity contribution in [1.29, 1.82) is 0 Å². The van der Waals surface area contributed by atoms with Gasteiger partial charge in [-0.3, -0.25) is 0 Å². The standard InChI is InChI=1S/C14H25O5/c1-4-12(3)19-11-13(15)10-17-8-6-7-9-18-14(16)5-2/h5,12-13,15H,1-2,4,6-11H2,3H3. The highest BCUT2D eigenvalue weighted by atomic mass is 16.5. The van der Waals surface area contributed by atoms with Gasteiger partial charge in [-0.15, -0.1) is 0 Å². The van der Waals surface area contributed by atoms with Crippen LogP contribution in [0.15, 0.2) is 12.7 Å². The van der Waals surface area contributed by atoms with Gasteiger partial charge in [0.25, 0.3) is 0 Å². The van der Waals surface area contributed by atoms with E-state index in [1.807, 2.05) is 6.92 Å². The first kappa shape index (κ1) is 18.1. The second-order valence-electron chi connectivity index (χ2n) is 4.24. The zero-order valence-electron chi connectivity index (χ0n) is 11.7. The number of aliphatic hydroxyl groups is 1. The molecule has 0 saturated heterocycles. The monoisotopic (exact) mass is 273 g/mol. The number of carbonyl (C=O) groups is 1. The van der Waals surface area contributed by atoms with Gasteiger partial charge >= 0.3 is 5.97 Å². The Balaban J connectivity index is 3.29. The Kier molecular flexibility index (Phi) is 11.6. The van der Waals surface area contributed by atoms with Crippen LogP contribution in [-0.2, 0) is 19.0 Å². The first-order chi connectivity index (χ1) is 9.10. The molecule has 0 aromatic heterocycles. The molecule has 0 saturated carbocycles. The van der Waals surface area contributed by atoms with Crippen LogP contribution in [0.2, 0.25) is 0 Å². The van der Waals surface area contributed by atoms with Gasteiger partial charge in [0.1, 0.15) is 6.10 Å². The first-order valence-electron chi connectivity index (χ1n) is 6.56. The summed E-state index contributed by atoms with van der Waals surface area (Å²) in [5.41, 5.74) is 0. The van der Waals surface area contributed by atoms with Crippen molar-refractivity contribution in [2.75, 3.05) is 26.4 Å². The summed E-state index contributed by atoms with van der Waals surface area (Å²) in [6, 6.07) is 0. The minimum Gasteiger partial charge on any atom is -0.463 e. The van der Waals surface area contributed by atoms with Crippen LogP contribution in [0.3, 0.4) is 0 Å². The molecule has 1 N–H and O–H groups in total. The van der Waals surface area contributed by atoms with Gasteiger partial charge in [0.2, 0.25) is 0 Å². The largest absolute Gasteiger partial charge is 0.463 e. The SMILES string of the molecule is [CH2]CC(C)OCC(O)COCCCCOC(=O)C=C. The zero-order valence-corrected chi connectivity index (χ0v) is 11.7. The Bertz CT molecular complexity index is 242. The summed E-state index contributed by atoms with van der Waals surface area (Å²) in [7, 11) is 0. The van der Waals surface area contributed by atoms with Crippen LogP contribution in [0.5, 0.6) is 0 Å². The quantitative estimate of drug-likeness (QED) is 0.332. The van der Waals surface area contributed by atoms with Crippen LogP contribution in [-0.4, -0.2) is 49.7 Å². The topological polar surface area (TPSA) is 65.0 Å². The van der Waals surface area contributed by atoms with Gasteiger partial charge in [0.15, 0.2) is 0 Å². The molecule has 0 heterocycles. The van der Waals surface area contributed by atoms with E-state index in [1.165, 1.54) is 0 Å². The van der Waals surface area contributed by atoms with Gasteiger partial charge in [-0.2, -0.15) is 0 Å². The second kappa shape index (κ2) is 12.1. The van der Waals surface area contributed by atoms with E-state index in [-0.39, 0.29) is 19.3 Å².